The average Bonchev–Trinajstić information content (AvgIpc) is 3.71. The number of benzene rings is 3. The molecule has 3 aromatic rings. The molecule has 0 heterocycles. The maximum Gasteiger partial charge on any atom is 0.356 e. The van der Waals surface area contributed by atoms with Crippen molar-refractivity contribution in [2.24, 2.45) is 11.8 Å². The van der Waals surface area contributed by atoms with Crippen LogP contribution in [0.15, 0.2) is 36.4 Å². The zero-order chi connectivity index (χ0) is 27.4. The summed E-state index contributed by atoms with van der Waals surface area (Å²) in [6, 6.07) is 7.45. The van der Waals surface area contributed by atoms with Gasteiger partial charge in [-0.2, -0.15) is 4.39 Å². The Labute approximate surface area is 218 Å². The topological polar surface area (TPSA) is 66.8 Å². The Morgan fingerprint density at radius 3 is 1.76 bits per heavy atom. The van der Waals surface area contributed by atoms with Crippen molar-refractivity contribution in [3.8, 4) is 22.6 Å². The predicted octanol–water partition coefficient (Wildman–Crippen LogP) is 7.81. The molecule has 5 rings (SSSR count). The van der Waals surface area contributed by atoms with E-state index >= 15 is 17.6 Å². The van der Waals surface area contributed by atoms with Gasteiger partial charge in [-0.3, -0.25) is 4.57 Å². The van der Waals surface area contributed by atoms with Gasteiger partial charge in [0, 0.05) is 11.1 Å². The van der Waals surface area contributed by atoms with Crippen LogP contribution in [-0.4, -0.2) is 9.79 Å². The Hall–Kier alpha value is -2.67. The molecule has 4 nitrogen and oxygen atoms in total. The van der Waals surface area contributed by atoms with E-state index in [-0.39, 0.29) is 28.1 Å². The predicted molar refractivity (Wildman–Crippen MR) is 137 cm³/mol. The van der Waals surface area contributed by atoms with E-state index in [0.717, 1.165) is 43.7 Å². The fraction of sp³-hybridized carbons (Fsp3) is 0.379. The van der Waals surface area contributed by atoms with Crippen LogP contribution in [0.5, 0.6) is 11.5 Å². The fourth-order valence-electron chi connectivity index (χ4n) is 5.74. The SMILES string of the molecule is Cc1cc(P(=O)(O)O)cc(C)c1Oc1ccc(-c2ccc(C3CCC(C4CC4)CC3)c(F)c2F)c(F)c1F. The van der Waals surface area contributed by atoms with Crippen LogP contribution >= 0.6 is 7.60 Å². The average molecular weight is 549 g/mol. The Kier molecular flexibility index (Phi) is 7.18. The summed E-state index contributed by atoms with van der Waals surface area (Å²) in [5, 5.41) is -0.223. The maximum atomic E-state index is 15.2. The molecule has 2 aliphatic rings. The van der Waals surface area contributed by atoms with Crippen LogP contribution in [0.3, 0.4) is 0 Å². The molecule has 202 valence electrons. The van der Waals surface area contributed by atoms with Crippen molar-refractivity contribution in [2.75, 3.05) is 0 Å². The Morgan fingerprint density at radius 2 is 1.24 bits per heavy atom. The Morgan fingerprint density at radius 1 is 0.737 bits per heavy atom. The zero-order valence-corrected chi connectivity index (χ0v) is 22.0. The number of hydrogen-bond acceptors (Lipinski definition) is 2. The fourth-order valence-corrected chi connectivity index (χ4v) is 6.47. The highest BCUT2D eigenvalue weighted by atomic mass is 31.2. The minimum Gasteiger partial charge on any atom is -0.454 e. The molecule has 0 saturated heterocycles. The van der Waals surface area contributed by atoms with Gasteiger partial charge in [-0.15, -0.1) is 0 Å². The first-order chi connectivity index (χ1) is 18.0. The number of rotatable bonds is 6. The summed E-state index contributed by atoms with van der Waals surface area (Å²) in [5.41, 5.74) is 0.0925. The van der Waals surface area contributed by atoms with Crippen LogP contribution in [0.2, 0.25) is 0 Å². The highest BCUT2D eigenvalue weighted by molar-refractivity contribution is 7.60. The number of hydrogen-bond donors (Lipinski definition) is 2. The first-order valence-electron chi connectivity index (χ1n) is 12.8. The van der Waals surface area contributed by atoms with E-state index in [2.05, 4.69) is 0 Å². The molecule has 0 radical (unpaired) electrons. The highest BCUT2D eigenvalue weighted by Crippen LogP contribution is 2.48. The molecule has 3 aromatic carbocycles. The molecule has 0 amide bonds. The van der Waals surface area contributed by atoms with E-state index in [4.69, 9.17) is 4.74 Å². The maximum absolute atomic E-state index is 15.2. The van der Waals surface area contributed by atoms with Crippen molar-refractivity contribution in [2.45, 2.75) is 58.3 Å². The van der Waals surface area contributed by atoms with Gasteiger partial charge in [0.25, 0.3) is 0 Å². The van der Waals surface area contributed by atoms with Crippen molar-refractivity contribution in [3.05, 3.63) is 76.4 Å². The second kappa shape index (κ2) is 10.1. The summed E-state index contributed by atoms with van der Waals surface area (Å²) < 4.78 is 77.6. The van der Waals surface area contributed by atoms with Gasteiger partial charge in [0.2, 0.25) is 5.82 Å². The largest absolute Gasteiger partial charge is 0.454 e. The van der Waals surface area contributed by atoms with E-state index in [0.29, 0.717) is 17.0 Å². The molecule has 2 N–H and O–H groups in total. The molecule has 2 saturated carbocycles. The van der Waals surface area contributed by atoms with Crippen molar-refractivity contribution in [1.82, 2.24) is 0 Å². The Bertz CT molecular complexity index is 1420. The molecule has 0 atom stereocenters. The monoisotopic (exact) mass is 548 g/mol. The summed E-state index contributed by atoms with van der Waals surface area (Å²) in [7, 11) is -4.51. The molecule has 0 aromatic heterocycles. The third kappa shape index (κ3) is 5.14. The molecule has 0 spiro atoms. The summed E-state index contributed by atoms with van der Waals surface area (Å²) in [5.74, 6) is -4.02. The van der Waals surface area contributed by atoms with E-state index < -0.39 is 42.2 Å². The summed E-state index contributed by atoms with van der Waals surface area (Å²) in [4.78, 5) is 18.8. The molecule has 0 bridgehead atoms. The molecule has 38 heavy (non-hydrogen) atoms. The minimum absolute atomic E-state index is 0.0886. The smallest absolute Gasteiger partial charge is 0.356 e. The second-order valence-electron chi connectivity index (χ2n) is 10.6. The minimum atomic E-state index is -4.51. The van der Waals surface area contributed by atoms with E-state index in [1.54, 1.807) is 0 Å². The van der Waals surface area contributed by atoms with Gasteiger partial charge in [0.15, 0.2) is 23.2 Å². The van der Waals surface area contributed by atoms with Gasteiger partial charge in [0.05, 0.1) is 5.30 Å². The van der Waals surface area contributed by atoms with Gasteiger partial charge < -0.3 is 14.5 Å². The first-order valence-corrected chi connectivity index (χ1v) is 14.4. The van der Waals surface area contributed by atoms with Crippen LogP contribution < -0.4 is 10.0 Å². The third-order valence-electron chi connectivity index (χ3n) is 7.94. The number of halogens is 4. The van der Waals surface area contributed by atoms with Crippen molar-refractivity contribution >= 4 is 12.9 Å². The van der Waals surface area contributed by atoms with Gasteiger partial charge in [-0.25, -0.2) is 13.2 Å². The quantitative estimate of drug-likeness (QED) is 0.244. The molecule has 2 aliphatic carbocycles. The molecule has 9 heteroatoms. The highest BCUT2D eigenvalue weighted by Gasteiger charge is 2.35. The van der Waals surface area contributed by atoms with Crippen molar-refractivity contribution < 1.29 is 36.7 Å². The van der Waals surface area contributed by atoms with Crippen LogP contribution in [-0.2, 0) is 4.57 Å². The Balaban J connectivity index is 1.40. The summed E-state index contributed by atoms with van der Waals surface area (Å²) in [6.07, 6.45) is 6.11. The molecular formula is C29H29F4O4P. The van der Waals surface area contributed by atoms with Crippen LogP contribution in [0.25, 0.3) is 11.1 Å². The molecule has 0 aliphatic heterocycles. The van der Waals surface area contributed by atoms with E-state index in [1.165, 1.54) is 51.0 Å². The molecule has 2 fully saturated rings. The first kappa shape index (κ1) is 26.9. The van der Waals surface area contributed by atoms with Crippen LogP contribution in [0, 0.1) is 49.0 Å². The lowest BCUT2D eigenvalue weighted by Crippen LogP contribution is -2.16. The van der Waals surface area contributed by atoms with Gasteiger partial charge >= 0.3 is 7.60 Å². The number of ether oxygens (including phenoxy) is 1. The van der Waals surface area contributed by atoms with E-state index in [9.17, 15) is 14.4 Å². The summed E-state index contributed by atoms with van der Waals surface area (Å²) >= 11 is 0. The van der Waals surface area contributed by atoms with Gasteiger partial charge in [0.1, 0.15) is 5.75 Å². The van der Waals surface area contributed by atoms with Crippen LogP contribution in [0.1, 0.15) is 61.1 Å². The number of aryl methyl sites for hydroxylation is 2. The second-order valence-corrected chi connectivity index (χ2v) is 12.2. The normalized spacial score (nSPS) is 20.0. The van der Waals surface area contributed by atoms with Crippen molar-refractivity contribution in [1.29, 1.82) is 0 Å². The lowest BCUT2D eigenvalue weighted by atomic mass is 9.76. The summed E-state index contributed by atoms with van der Waals surface area (Å²) in [6.45, 7) is 3.03. The van der Waals surface area contributed by atoms with Crippen LogP contribution in [0.4, 0.5) is 17.6 Å². The zero-order valence-electron chi connectivity index (χ0n) is 21.1. The standard InChI is InChI=1S/C29H29F4O4P/c1-15-13-20(38(34,35)36)14-16(2)29(15)37-24-12-11-23(27(32)28(24)33)22-10-9-21(25(30)26(22)31)19-7-5-18(6-8-19)17-3-4-17/h9-14,17-19H,3-8H2,1-2H3,(H2,34,35,36). The lowest BCUT2D eigenvalue weighted by Gasteiger charge is -2.29. The molecular weight excluding hydrogens is 519 g/mol. The third-order valence-corrected chi connectivity index (χ3v) is 8.87. The molecule has 0 unspecified atom stereocenters. The lowest BCUT2D eigenvalue weighted by molar-refractivity contribution is 0.291. The van der Waals surface area contributed by atoms with Crippen molar-refractivity contribution in [3.63, 3.8) is 0 Å². The van der Waals surface area contributed by atoms with Gasteiger partial charge in [-0.1, -0.05) is 12.1 Å². The van der Waals surface area contributed by atoms with Gasteiger partial charge in [-0.05, 0) is 111 Å². The van der Waals surface area contributed by atoms with E-state index in [1.807, 2.05) is 0 Å².